The first-order chi connectivity index (χ1) is 9.63. The van der Waals surface area contributed by atoms with Gasteiger partial charge in [0.2, 0.25) is 0 Å². The van der Waals surface area contributed by atoms with Crippen molar-refractivity contribution in [3.63, 3.8) is 0 Å². The summed E-state index contributed by atoms with van der Waals surface area (Å²) < 4.78 is 14.7. The fourth-order valence-electron chi connectivity index (χ4n) is 2.14. The number of allylic oxidation sites excluding steroid dienone is 2. The van der Waals surface area contributed by atoms with Gasteiger partial charge in [0.1, 0.15) is 5.82 Å². The minimum atomic E-state index is -0.240. The van der Waals surface area contributed by atoms with Crippen molar-refractivity contribution < 1.29 is 4.39 Å². The van der Waals surface area contributed by atoms with Crippen LogP contribution in [-0.4, -0.2) is 16.3 Å². The van der Waals surface area contributed by atoms with Gasteiger partial charge >= 0.3 is 0 Å². The fraction of sp³-hybridized carbons (Fsp3) is 0.133. The lowest BCUT2D eigenvalue weighted by atomic mass is 10.1. The van der Waals surface area contributed by atoms with E-state index >= 15 is 0 Å². The van der Waals surface area contributed by atoms with E-state index in [4.69, 9.17) is 11.6 Å². The zero-order chi connectivity index (χ0) is 14.1. The molecule has 102 valence electrons. The van der Waals surface area contributed by atoms with Gasteiger partial charge in [-0.25, -0.2) is 4.39 Å². The van der Waals surface area contributed by atoms with Crippen LogP contribution in [0.25, 0.3) is 5.57 Å². The van der Waals surface area contributed by atoms with E-state index in [1.54, 1.807) is 23.0 Å². The van der Waals surface area contributed by atoms with Gasteiger partial charge in [-0.2, -0.15) is 5.10 Å². The van der Waals surface area contributed by atoms with Gasteiger partial charge in [-0.1, -0.05) is 11.6 Å². The Morgan fingerprint density at radius 1 is 1.25 bits per heavy atom. The van der Waals surface area contributed by atoms with E-state index in [2.05, 4.69) is 5.10 Å². The van der Waals surface area contributed by atoms with E-state index in [9.17, 15) is 4.39 Å². The normalized spacial score (nSPS) is 15.1. The topological polar surface area (TPSA) is 21.1 Å². The number of aryl methyl sites for hydroxylation is 1. The maximum atomic E-state index is 13.0. The van der Waals surface area contributed by atoms with Crippen LogP contribution in [0.3, 0.4) is 0 Å². The molecule has 0 N–H and O–H groups in total. The molecule has 1 aromatic carbocycles. The first kappa shape index (κ1) is 12.9. The Bertz CT molecular complexity index is 685. The third-order valence-corrected chi connectivity index (χ3v) is 3.54. The molecule has 0 spiro atoms. The van der Waals surface area contributed by atoms with Gasteiger partial charge in [0.05, 0.1) is 6.20 Å². The van der Waals surface area contributed by atoms with E-state index in [1.165, 1.54) is 12.1 Å². The summed E-state index contributed by atoms with van der Waals surface area (Å²) in [5.41, 5.74) is 2.80. The third-order valence-electron chi connectivity index (χ3n) is 3.18. The summed E-state index contributed by atoms with van der Waals surface area (Å²) >= 11 is 6.27. The van der Waals surface area contributed by atoms with Crippen LogP contribution in [0.2, 0.25) is 0 Å². The average Bonchev–Trinajstić information content (AvgIpc) is 2.87. The summed E-state index contributed by atoms with van der Waals surface area (Å²) in [6.07, 6.45) is 7.59. The van der Waals surface area contributed by atoms with Gasteiger partial charge in [0.15, 0.2) is 0 Å². The highest BCUT2D eigenvalue weighted by atomic mass is 35.5. The van der Waals surface area contributed by atoms with Crippen molar-refractivity contribution in [1.29, 1.82) is 0 Å². The number of nitrogens with zero attached hydrogens (tertiary/aromatic N) is 3. The first-order valence-corrected chi connectivity index (χ1v) is 6.60. The van der Waals surface area contributed by atoms with Crippen molar-refractivity contribution in [1.82, 2.24) is 9.78 Å². The molecule has 0 aliphatic carbocycles. The quantitative estimate of drug-likeness (QED) is 0.843. The number of hydrogen-bond donors (Lipinski definition) is 0. The molecule has 0 amide bonds. The molecule has 0 atom stereocenters. The number of benzene rings is 1. The molecule has 1 aromatic heterocycles. The van der Waals surface area contributed by atoms with Crippen molar-refractivity contribution in [2.24, 2.45) is 7.05 Å². The summed E-state index contributed by atoms with van der Waals surface area (Å²) in [6.45, 7) is 0.661. The predicted molar refractivity (Wildman–Crippen MR) is 78.9 cm³/mol. The Kier molecular flexibility index (Phi) is 3.32. The van der Waals surface area contributed by atoms with E-state index in [1.807, 2.05) is 30.4 Å². The fourth-order valence-corrected chi connectivity index (χ4v) is 2.37. The maximum absolute atomic E-state index is 13.0. The second-order valence-corrected chi connectivity index (χ2v) is 5.03. The molecular formula is C15H13ClFN3. The van der Waals surface area contributed by atoms with Crippen LogP contribution in [0.1, 0.15) is 5.56 Å². The molecule has 2 heterocycles. The van der Waals surface area contributed by atoms with Gasteiger partial charge in [-0.05, 0) is 30.3 Å². The standard InChI is InChI=1S/C15H13ClFN3/c1-19-9-11(8-18-19)14-10-20(7-6-15(14)16)13-4-2-12(17)3-5-13/h2-6,8-10H,7H2,1H3. The SMILES string of the molecule is Cn1cc(C2=CN(c3ccc(F)cc3)CC=C2Cl)cn1. The van der Waals surface area contributed by atoms with Gasteiger partial charge in [-0.3, -0.25) is 4.68 Å². The van der Waals surface area contributed by atoms with Gasteiger partial charge in [0, 0.05) is 47.8 Å². The van der Waals surface area contributed by atoms with E-state index in [-0.39, 0.29) is 5.82 Å². The zero-order valence-corrected chi connectivity index (χ0v) is 11.7. The second-order valence-electron chi connectivity index (χ2n) is 4.63. The molecule has 1 aliphatic heterocycles. The Morgan fingerprint density at radius 3 is 2.65 bits per heavy atom. The molecular weight excluding hydrogens is 277 g/mol. The smallest absolute Gasteiger partial charge is 0.123 e. The summed E-state index contributed by atoms with van der Waals surface area (Å²) in [4.78, 5) is 2.02. The van der Waals surface area contributed by atoms with Crippen molar-refractivity contribution in [2.75, 3.05) is 11.4 Å². The number of hydrogen-bond acceptors (Lipinski definition) is 2. The van der Waals surface area contributed by atoms with Crippen LogP contribution in [0.4, 0.5) is 10.1 Å². The van der Waals surface area contributed by atoms with Crippen LogP contribution >= 0.6 is 11.6 Å². The molecule has 3 rings (SSSR count). The molecule has 2 aromatic rings. The monoisotopic (exact) mass is 289 g/mol. The van der Waals surface area contributed by atoms with E-state index < -0.39 is 0 Å². The predicted octanol–water partition coefficient (Wildman–Crippen LogP) is 3.54. The second kappa shape index (κ2) is 5.13. The molecule has 20 heavy (non-hydrogen) atoms. The maximum Gasteiger partial charge on any atom is 0.123 e. The van der Waals surface area contributed by atoms with Crippen molar-refractivity contribution in [3.05, 3.63) is 65.3 Å². The molecule has 3 nitrogen and oxygen atoms in total. The highest BCUT2D eigenvalue weighted by Crippen LogP contribution is 2.31. The number of anilines is 1. The summed E-state index contributed by atoms with van der Waals surface area (Å²) in [5.74, 6) is -0.240. The lowest BCUT2D eigenvalue weighted by Crippen LogP contribution is -2.19. The number of halogens is 2. The molecule has 5 heteroatoms. The highest BCUT2D eigenvalue weighted by molar-refractivity contribution is 6.37. The molecule has 0 unspecified atom stereocenters. The van der Waals surface area contributed by atoms with Crippen LogP contribution in [-0.2, 0) is 7.05 Å². The van der Waals surface area contributed by atoms with E-state index in [0.29, 0.717) is 11.6 Å². The molecule has 0 radical (unpaired) electrons. The minimum absolute atomic E-state index is 0.240. The highest BCUT2D eigenvalue weighted by Gasteiger charge is 2.15. The van der Waals surface area contributed by atoms with Crippen molar-refractivity contribution in [3.8, 4) is 0 Å². The van der Waals surface area contributed by atoms with Crippen LogP contribution in [0, 0.1) is 5.82 Å². The molecule has 0 saturated heterocycles. The van der Waals surface area contributed by atoms with Crippen LogP contribution in [0.15, 0.2) is 54.0 Å². The Morgan fingerprint density at radius 2 is 2.00 bits per heavy atom. The minimum Gasteiger partial charge on any atom is -0.343 e. The summed E-state index contributed by atoms with van der Waals surface area (Å²) in [7, 11) is 1.86. The average molecular weight is 290 g/mol. The van der Waals surface area contributed by atoms with Crippen LogP contribution in [0.5, 0.6) is 0 Å². The van der Waals surface area contributed by atoms with Crippen LogP contribution < -0.4 is 4.90 Å². The lowest BCUT2D eigenvalue weighted by Gasteiger charge is -2.24. The van der Waals surface area contributed by atoms with Crippen molar-refractivity contribution in [2.45, 2.75) is 0 Å². The number of aromatic nitrogens is 2. The third kappa shape index (κ3) is 2.47. The Labute approximate surface area is 121 Å². The molecule has 0 saturated carbocycles. The molecule has 1 aliphatic rings. The summed E-state index contributed by atoms with van der Waals surface area (Å²) in [5, 5.41) is 4.86. The Balaban J connectivity index is 1.96. The lowest BCUT2D eigenvalue weighted by molar-refractivity contribution is 0.628. The zero-order valence-electron chi connectivity index (χ0n) is 10.9. The van der Waals surface area contributed by atoms with Gasteiger partial charge in [-0.15, -0.1) is 0 Å². The summed E-state index contributed by atoms with van der Waals surface area (Å²) in [6, 6.07) is 6.40. The molecule has 0 fully saturated rings. The van der Waals surface area contributed by atoms with Gasteiger partial charge < -0.3 is 4.90 Å². The number of rotatable bonds is 2. The Hall–Kier alpha value is -2.07. The largest absolute Gasteiger partial charge is 0.343 e. The molecule has 0 bridgehead atoms. The first-order valence-electron chi connectivity index (χ1n) is 6.22. The van der Waals surface area contributed by atoms with Gasteiger partial charge in [0.25, 0.3) is 0 Å². The van der Waals surface area contributed by atoms with E-state index in [0.717, 1.165) is 16.8 Å². The van der Waals surface area contributed by atoms with Crippen molar-refractivity contribution >= 4 is 22.9 Å².